The predicted octanol–water partition coefficient (Wildman–Crippen LogP) is -0.745. The van der Waals surface area contributed by atoms with Crippen LogP contribution in [0, 0.1) is 0 Å². The molecule has 0 aliphatic carbocycles. The molecule has 2 N–H and O–H groups in total. The fourth-order valence-electron chi connectivity index (χ4n) is 0.222. The molecule has 4 nitrogen and oxygen atoms in total. The van der Waals surface area contributed by atoms with Crippen molar-refractivity contribution in [3.63, 3.8) is 0 Å². The lowest BCUT2D eigenvalue weighted by atomic mass is 10.6. The molecule has 0 spiro atoms. The Labute approximate surface area is 47.2 Å². The maximum absolute atomic E-state index is 10.2. The minimum absolute atomic E-state index is 0.447. The van der Waals surface area contributed by atoms with Gasteiger partial charge in [-0.1, -0.05) is 0 Å². The van der Waals surface area contributed by atoms with Crippen LogP contribution in [0.2, 0.25) is 0 Å². The zero-order valence-corrected chi connectivity index (χ0v) is 4.84. The first-order valence-electron chi connectivity index (χ1n) is 2.11. The molecule has 0 fully saturated rings. The highest BCUT2D eigenvalue weighted by Crippen LogP contribution is 1.77. The summed E-state index contributed by atoms with van der Waals surface area (Å²) in [5.41, 5.74) is 0. The van der Waals surface area contributed by atoms with Crippen molar-refractivity contribution in [1.29, 1.82) is 0 Å². The summed E-state index contributed by atoms with van der Waals surface area (Å²) >= 11 is 0. The van der Waals surface area contributed by atoms with Gasteiger partial charge >= 0.3 is 0 Å². The van der Waals surface area contributed by atoms with Gasteiger partial charge < -0.3 is 0 Å². The molecule has 0 aromatic rings. The smallest absolute Gasteiger partial charge is 0.240 e. The number of hydrogen-bond acceptors (Lipinski definition) is 3. The molecular weight excluding hydrogens is 108 g/mol. The normalized spacial score (nSPS) is 8.38. The maximum Gasteiger partial charge on any atom is 0.240 e. The molecule has 0 aliphatic heterocycles. The number of amides is 2. The summed E-state index contributed by atoms with van der Waals surface area (Å²) in [6, 6.07) is 0. The van der Waals surface area contributed by atoms with E-state index in [2.05, 4.69) is 0 Å². The Morgan fingerprint density at radius 1 is 1.25 bits per heavy atom. The molecule has 8 heavy (non-hydrogen) atoms. The Morgan fingerprint density at radius 2 is 1.50 bits per heavy atom. The average Bonchev–Trinajstić information content (AvgIpc) is 1.64. The van der Waals surface area contributed by atoms with Gasteiger partial charge in [0.05, 0.1) is 0 Å². The summed E-state index contributed by atoms with van der Waals surface area (Å²) in [4.78, 5) is 20.3. The third kappa shape index (κ3) is 1.70. The second-order valence-corrected chi connectivity index (χ2v) is 1.41. The number of nitrogens with zero attached hydrogens (tertiary/aromatic N) is 1. The monoisotopic (exact) mass is 116 g/mol. The standard InChI is InChI=1S/C4H8N2O2/c1-3(7)6(5)4(2)8/h5H2,1-2H3. The number of imide groups is 1. The molecule has 0 bridgehead atoms. The molecule has 0 aromatic heterocycles. The topological polar surface area (TPSA) is 63.4 Å². The Hall–Kier alpha value is -0.900. The molecule has 0 heterocycles. The largest absolute Gasteiger partial charge is 0.273 e. The van der Waals surface area contributed by atoms with E-state index in [0.29, 0.717) is 5.01 Å². The summed E-state index contributed by atoms with van der Waals surface area (Å²) in [5, 5.41) is 0.556. The van der Waals surface area contributed by atoms with E-state index in [1.807, 2.05) is 0 Å². The van der Waals surface area contributed by atoms with Crippen molar-refractivity contribution < 1.29 is 9.59 Å². The lowest BCUT2D eigenvalue weighted by Gasteiger charge is -2.06. The Balaban J connectivity index is 3.83. The fourth-order valence-corrected chi connectivity index (χ4v) is 0.222. The third-order valence-electron chi connectivity index (χ3n) is 0.679. The van der Waals surface area contributed by atoms with E-state index in [1.54, 1.807) is 0 Å². The first-order valence-corrected chi connectivity index (χ1v) is 2.11. The zero-order valence-electron chi connectivity index (χ0n) is 4.84. The molecule has 0 rings (SSSR count). The summed E-state index contributed by atoms with van der Waals surface area (Å²) in [6.45, 7) is 2.45. The van der Waals surface area contributed by atoms with Crippen LogP contribution < -0.4 is 5.84 Å². The van der Waals surface area contributed by atoms with Crippen LogP contribution in [0.5, 0.6) is 0 Å². The molecule has 0 aliphatic rings. The van der Waals surface area contributed by atoms with Gasteiger partial charge in [-0.3, -0.25) is 9.59 Å². The van der Waals surface area contributed by atoms with Gasteiger partial charge in [0.15, 0.2) is 0 Å². The minimum atomic E-state index is -0.447. The summed E-state index contributed by atoms with van der Waals surface area (Å²) in [7, 11) is 0. The summed E-state index contributed by atoms with van der Waals surface area (Å²) in [5.74, 6) is 4.00. The van der Waals surface area contributed by atoms with Crippen LogP contribution in [-0.2, 0) is 9.59 Å². The molecule has 0 unspecified atom stereocenters. The van der Waals surface area contributed by atoms with Gasteiger partial charge in [-0.25, -0.2) is 10.9 Å². The SMILES string of the molecule is CC(=O)N(N)C(C)=O. The average molecular weight is 116 g/mol. The van der Waals surface area contributed by atoms with Crippen molar-refractivity contribution >= 4 is 11.8 Å². The molecule has 0 aromatic carbocycles. The lowest BCUT2D eigenvalue weighted by Crippen LogP contribution is -2.39. The van der Waals surface area contributed by atoms with Crippen LogP contribution in [0.15, 0.2) is 0 Å². The van der Waals surface area contributed by atoms with Crippen LogP contribution in [0.1, 0.15) is 13.8 Å². The number of nitrogens with two attached hydrogens (primary N) is 1. The Morgan fingerprint density at radius 3 is 1.50 bits per heavy atom. The van der Waals surface area contributed by atoms with Gasteiger partial charge in [-0.15, -0.1) is 0 Å². The molecule has 0 atom stereocenters. The van der Waals surface area contributed by atoms with E-state index in [-0.39, 0.29) is 0 Å². The summed E-state index contributed by atoms with van der Waals surface area (Å²) < 4.78 is 0. The highest BCUT2D eigenvalue weighted by molar-refractivity contribution is 5.91. The van der Waals surface area contributed by atoms with Gasteiger partial charge in [0.2, 0.25) is 11.8 Å². The van der Waals surface area contributed by atoms with E-state index in [9.17, 15) is 9.59 Å². The highest BCUT2D eigenvalue weighted by Gasteiger charge is 2.05. The van der Waals surface area contributed by atoms with E-state index in [0.717, 1.165) is 0 Å². The van der Waals surface area contributed by atoms with Crippen LogP contribution in [-0.4, -0.2) is 16.8 Å². The molecule has 46 valence electrons. The van der Waals surface area contributed by atoms with Crippen molar-refractivity contribution in [1.82, 2.24) is 5.01 Å². The van der Waals surface area contributed by atoms with Crippen molar-refractivity contribution in [3.8, 4) is 0 Å². The molecule has 0 radical (unpaired) electrons. The van der Waals surface area contributed by atoms with Crippen LogP contribution >= 0.6 is 0 Å². The van der Waals surface area contributed by atoms with Crippen molar-refractivity contribution in [2.45, 2.75) is 13.8 Å². The Kier molecular flexibility index (Phi) is 2.15. The maximum atomic E-state index is 10.2. The van der Waals surface area contributed by atoms with Gasteiger partial charge in [0.1, 0.15) is 0 Å². The molecule has 0 saturated heterocycles. The van der Waals surface area contributed by atoms with E-state index in [4.69, 9.17) is 5.84 Å². The van der Waals surface area contributed by atoms with Crippen molar-refractivity contribution in [2.24, 2.45) is 5.84 Å². The highest BCUT2D eigenvalue weighted by atomic mass is 16.2. The van der Waals surface area contributed by atoms with E-state index >= 15 is 0 Å². The molecule has 2 amide bonds. The minimum Gasteiger partial charge on any atom is -0.273 e. The van der Waals surface area contributed by atoms with Gasteiger partial charge in [-0.2, -0.15) is 0 Å². The van der Waals surface area contributed by atoms with Gasteiger partial charge in [0, 0.05) is 13.8 Å². The predicted molar refractivity (Wildman–Crippen MR) is 27.4 cm³/mol. The second kappa shape index (κ2) is 2.42. The third-order valence-corrected chi connectivity index (χ3v) is 0.679. The Bertz CT molecular complexity index is 107. The quantitative estimate of drug-likeness (QED) is 0.257. The number of rotatable bonds is 0. The number of hydrogen-bond donors (Lipinski definition) is 1. The zero-order chi connectivity index (χ0) is 6.73. The van der Waals surface area contributed by atoms with E-state index < -0.39 is 11.8 Å². The first-order chi connectivity index (χ1) is 3.55. The van der Waals surface area contributed by atoms with Crippen molar-refractivity contribution in [3.05, 3.63) is 0 Å². The van der Waals surface area contributed by atoms with Gasteiger partial charge in [-0.05, 0) is 0 Å². The number of carbonyl (C=O) groups is 2. The summed E-state index contributed by atoms with van der Waals surface area (Å²) in [6.07, 6.45) is 0. The van der Waals surface area contributed by atoms with Crippen molar-refractivity contribution in [2.75, 3.05) is 0 Å². The molecule has 4 heteroatoms. The van der Waals surface area contributed by atoms with Crippen LogP contribution in [0.25, 0.3) is 0 Å². The van der Waals surface area contributed by atoms with E-state index in [1.165, 1.54) is 13.8 Å². The number of carbonyl (C=O) groups excluding carboxylic acids is 2. The molecule has 0 saturated carbocycles. The fraction of sp³-hybridized carbons (Fsp3) is 0.500. The first kappa shape index (κ1) is 7.10. The second-order valence-electron chi connectivity index (χ2n) is 1.41. The lowest BCUT2D eigenvalue weighted by molar-refractivity contribution is -0.142. The van der Waals surface area contributed by atoms with Crippen LogP contribution in [0.3, 0.4) is 0 Å². The number of hydrazine groups is 1. The van der Waals surface area contributed by atoms with Crippen LogP contribution in [0.4, 0.5) is 0 Å². The van der Waals surface area contributed by atoms with Gasteiger partial charge in [0.25, 0.3) is 0 Å². The molecular formula is C4H8N2O2.